The van der Waals surface area contributed by atoms with Gasteiger partial charge in [0, 0.05) is 35.9 Å². The van der Waals surface area contributed by atoms with Crippen molar-refractivity contribution in [1.29, 1.82) is 0 Å². The molecule has 2 aromatic carbocycles. The van der Waals surface area contributed by atoms with Crippen molar-refractivity contribution in [2.24, 2.45) is 0 Å². The van der Waals surface area contributed by atoms with Crippen LogP contribution in [0.2, 0.25) is 0 Å². The van der Waals surface area contributed by atoms with Gasteiger partial charge in [-0.15, -0.1) is 11.3 Å². The highest BCUT2D eigenvalue weighted by Crippen LogP contribution is 2.34. The average molecular weight is 416 g/mol. The summed E-state index contributed by atoms with van der Waals surface area (Å²) in [5, 5.41) is 5.25. The van der Waals surface area contributed by atoms with Gasteiger partial charge in [0.2, 0.25) is 0 Å². The third kappa shape index (κ3) is 3.59. The topological polar surface area (TPSA) is 45.2 Å². The predicted octanol–water partition coefficient (Wildman–Crippen LogP) is 5.02. The Hall–Kier alpha value is -2.76. The van der Waals surface area contributed by atoms with Crippen LogP contribution in [0.15, 0.2) is 60.8 Å². The van der Waals surface area contributed by atoms with Gasteiger partial charge in [0.1, 0.15) is 0 Å². The predicted molar refractivity (Wildman–Crippen MR) is 124 cm³/mol. The lowest BCUT2D eigenvalue weighted by atomic mass is 10.00. The van der Waals surface area contributed by atoms with E-state index in [1.807, 2.05) is 18.3 Å². The van der Waals surface area contributed by atoms with Gasteiger partial charge in [0.15, 0.2) is 0 Å². The van der Waals surface area contributed by atoms with E-state index in [0.717, 1.165) is 29.9 Å². The van der Waals surface area contributed by atoms with E-state index in [-0.39, 0.29) is 5.91 Å². The van der Waals surface area contributed by atoms with Crippen molar-refractivity contribution in [1.82, 2.24) is 15.2 Å². The van der Waals surface area contributed by atoms with Gasteiger partial charge in [-0.05, 0) is 66.6 Å². The third-order valence-corrected chi connectivity index (χ3v) is 7.34. The Labute approximate surface area is 180 Å². The first-order valence-electron chi connectivity index (χ1n) is 10.5. The van der Waals surface area contributed by atoms with Crippen LogP contribution in [0.25, 0.3) is 21.0 Å². The van der Waals surface area contributed by atoms with Crippen molar-refractivity contribution in [3.8, 4) is 0 Å². The van der Waals surface area contributed by atoms with Crippen molar-refractivity contribution in [2.75, 3.05) is 13.6 Å². The summed E-state index contributed by atoms with van der Waals surface area (Å²) in [6.45, 7) is 2.04. The highest BCUT2D eigenvalue weighted by Gasteiger charge is 2.28. The van der Waals surface area contributed by atoms with Crippen LogP contribution in [0.1, 0.15) is 33.6 Å². The molecule has 0 saturated carbocycles. The van der Waals surface area contributed by atoms with Gasteiger partial charge in [-0.25, -0.2) is 0 Å². The number of carbonyl (C=O) groups is 1. The molecule has 1 aliphatic rings. The Kier molecular flexibility index (Phi) is 5.23. The minimum Gasteiger partial charge on any atom is -0.354 e. The molecule has 5 heteroatoms. The number of benzene rings is 2. The molecule has 152 valence electrons. The highest BCUT2D eigenvalue weighted by molar-refractivity contribution is 7.21. The smallest absolute Gasteiger partial charge is 0.261 e. The molecular weight excluding hydrogens is 390 g/mol. The van der Waals surface area contributed by atoms with E-state index in [1.54, 1.807) is 18.4 Å². The molecule has 1 atom stereocenters. The average Bonchev–Trinajstić information content (AvgIpc) is 3.38. The number of likely N-dealkylation sites (tertiary alicyclic amines) is 1. The van der Waals surface area contributed by atoms with E-state index < -0.39 is 0 Å². The first kappa shape index (κ1) is 19.2. The van der Waals surface area contributed by atoms with Crippen LogP contribution in [0.4, 0.5) is 0 Å². The molecule has 2 aromatic heterocycles. The number of hydrogen-bond acceptors (Lipinski definition) is 4. The molecule has 3 heterocycles. The molecule has 5 rings (SSSR count). The minimum absolute atomic E-state index is 0.0257. The molecule has 1 fully saturated rings. The maximum atomic E-state index is 12.6. The van der Waals surface area contributed by atoms with Crippen LogP contribution >= 0.6 is 11.3 Å². The normalized spacial score (nSPS) is 17.0. The summed E-state index contributed by atoms with van der Waals surface area (Å²) < 4.78 is 1.19. The quantitative estimate of drug-likeness (QED) is 0.498. The van der Waals surface area contributed by atoms with Crippen LogP contribution in [0.5, 0.6) is 0 Å². The van der Waals surface area contributed by atoms with Crippen LogP contribution in [0.3, 0.4) is 0 Å². The molecule has 1 saturated heterocycles. The number of rotatable bonds is 5. The van der Waals surface area contributed by atoms with Crippen LogP contribution in [0, 0.1) is 0 Å². The maximum Gasteiger partial charge on any atom is 0.261 e. The molecule has 30 heavy (non-hydrogen) atoms. The number of amides is 1. The maximum absolute atomic E-state index is 12.6. The second kappa shape index (κ2) is 8.17. The van der Waals surface area contributed by atoms with Crippen LogP contribution in [-0.4, -0.2) is 35.4 Å². The second-order valence-corrected chi connectivity index (χ2v) is 9.04. The van der Waals surface area contributed by atoms with E-state index in [0.29, 0.717) is 6.04 Å². The van der Waals surface area contributed by atoms with Crippen molar-refractivity contribution < 1.29 is 4.79 Å². The summed E-state index contributed by atoms with van der Waals surface area (Å²) in [6, 6.07) is 19.5. The molecule has 1 aliphatic heterocycles. The van der Waals surface area contributed by atoms with Gasteiger partial charge >= 0.3 is 0 Å². The van der Waals surface area contributed by atoms with Gasteiger partial charge < -0.3 is 5.32 Å². The highest BCUT2D eigenvalue weighted by atomic mass is 32.1. The molecule has 4 nitrogen and oxygen atoms in total. The monoisotopic (exact) mass is 415 g/mol. The number of aromatic nitrogens is 1. The first-order valence-corrected chi connectivity index (χ1v) is 11.3. The lowest BCUT2D eigenvalue weighted by Crippen LogP contribution is -2.31. The Bertz CT molecular complexity index is 1220. The standard InChI is InChI=1S/C25H25N3OS/c1-26-25(29)24-21(20-8-2-3-9-23(20)30-24)15-19-7-5-13-28(19)16-17-10-11-22-18(14-17)6-4-12-27-22/h2-4,6,8-12,14,19H,5,7,13,15-16H2,1H3,(H,26,29)/t19-/m1/s1. The zero-order chi connectivity index (χ0) is 20.5. The number of pyridine rings is 1. The fourth-order valence-electron chi connectivity index (χ4n) is 4.63. The zero-order valence-corrected chi connectivity index (χ0v) is 17.9. The molecule has 0 bridgehead atoms. The Balaban J connectivity index is 1.42. The molecule has 0 spiro atoms. The number of fused-ring (bicyclic) bond motifs is 2. The lowest BCUT2D eigenvalue weighted by Gasteiger charge is -2.25. The van der Waals surface area contributed by atoms with Gasteiger partial charge in [-0.2, -0.15) is 0 Å². The molecule has 0 unspecified atom stereocenters. The fourth-order valence-corrected chi connectivity index (χ4v) is 5.81. The number of nitrogens with one attached hydrogen (secondary N) is 1. The molecule has 4 aromatic rings. The first-order chi connectivity index (χ1) is 14.7. The molecule has 1 N–H and O–H groups in total. The summed E-state index contributed by atoms with van der Waals surface area (Å²) >= 11 is 1.61. The second-order valence-electron chi connectivity index (χ2n) is 7.99. The third-order valence-electron chi connectivity index (χ3n) is 6.12. The van der Waals surface area contributed by atoms with E-state index in [4.69, 9.17) is 0 Å². The Morgan fingerprint density at radius 3 is 3.00 bits per heavy atom. The van der Waals surface area contributed by atoms with E-state index in [9.17, 15) is 4.79 Å². The number of carbonyl (C=O) groups excluding carboxylic acids is 1. The summed E-state index contributed by atoms with van der Waals surface area (Å²) in [5.74, 6) is 0.0257. The molecular formula is C25H25N3OS. The Morgan fingerprint density at radius 2 is 2.10 bits per heavy atom. The summed E-state index contributed by atoms with van der Waals surface area (Å²) in [5.41, 5.74) is 3.57. The summed E-state index contributed by atoms with van der Waals surface area (Å²) in [7, 11) is 1.72. The molecule has 0 aliphatic carbocycles. The fraction of sp³-hybridized carbons (Fsp3) is 0.280. The number of hydrogen-bond donors (Lipinski definition) is 1. The van der Waals surface area contributed by atoms with Gasteiger partial charge in [-0.3, -0.25) is 14.7 Å². The van der Waals surface area contributed by atoms with E-state index in [1.165, 1.54) is 39.4 Å². The van der Waals surface area contributed by atoms with E-state index in [2.05, 4.69) is 57.7 Å². The van der Waals surface area contributed by atoms with Gasteiger partial charge in [0.25, 0.3) is 5.91 Å². The Morgan fingerprint density at radius 1 is 1.20 bits per heavy atom. The van der Waals surface area contributed by atoms with Crippen molar-refractivity contribution in [2.45, 2.75) is 31.8 Å². The van der Waals surface area contributed by atoms with Crippen molar-refractivity contribution in [3.05, 3.63) is 76.8 Å². The SMILES string of the molecule is CNC(=O)c1sc2ccccc2c1C[C@H]1CCCN1Cc1ccc2ncccc2c1. The molecule has 0 radical (unpaired) electrons. The van der Waals surface area contributed by atoms with Gasteiger partial charge in [-0.1, -0.05) is 30.3 Å². The summed E-state index contributed by atoms with van der Waals surface area (Å²) in [4.78, 5) is 20.4. The van der Waals surface area contributed by atoms with Crippen LogP contribution in [-0.2, 0) is 13.0 Å². The van der Waals surface area contributed by atoms with Gasteiger partial charge in [0.05, 0.1) is 10.4 Å². The largest absolute Gasteiger partial charge is 0.354 e. The van der Waals surface area contributed by atoms with Crippen molar-refractivity contribution >= 4 is 38.2 Å². The molecule has 1 amide bonds. The number of thiophene rings is 1. The van der Waals surface area contributed by atoms with Crippen molar-refractivity contribution in [3.63, 3.8) is 0 Å². The van der Waals surface area contributed by atoms with Crippen LogP contribution < -0.4 is 5.32 Å². The lowest BCUT2D eigenvalue weighted by molar-refractivity contribution is 0.0966. The number of nitrogens with zero attached hydrogens (tertiary/aromatic N) is 2. The summed E-state index contributed by atoms with van der Waals surface area (Å²) in [6.07, 6.45) is 5.14. The van der Waals surface area contributed by atoms with E-state index >= 15 is 0 Å². The zero-order valence-electron chi connectivity index (χ0n) is 17.1. The minimum atomic E-state index is 0.0257.